The standard InChI is InChI=1S/C25H22ClF5N4O5S/c1-39-25(38)19-7-12(5-6-34(19)20(36)9-35-18(22(30)31)8-16(33-35)21(28)29)23-32-17(11-41-23)24(37)40-10-13-14(26)3-2-4-15(13)27/h2-4,8,11-12,19,21-22H,5-7,9-10H2,1H3. The molecule has 0 bridgehead atoms. The van der Waals surface area contributed by atoms with Gasteiger partial charge in [-0.3, -0.25) is 9.48 Å². The van der Waals surface area contributed by atoms with Crippen molar-refractivity contribution < 1.29 is 45.8 Å². The van der Waals surface area contributed by atoms with E-state index in [0.717, 1.165) is 23.3 Å². The van der Waals surface area contributed by atoms with Gasteiger partial charge < -0.3 is 14.4 Å². The van der Waals surface area contributed by atoms with Gasteiger partial charge in [-0.05, 0) is 31.0 Å². The maximum atomic E-state index is 14.0. The van der Waals surface area contributed by atoms with E-state index in [1.165, 1.54) is 23.6 Å². The highest BCUT2D eigenvalue weighted by Crippen LogP contribution is 2.35. The fraction of sp³-hybridized carbons (Fsp3) is 0.400. The van der Waals surface area contributed by atoms with E-state index < -0.39 is 67.1 Å². The number of hydrogen-bond donors (Lipinski definition) is 0. The Morgan fingerprint density at radius 1 is 1.20 bits per heavy atom. The summed E-state index contributed by atoms with van der Waals surface area (Å²) in [5, 5.41) is 5.43. The van der Waals surface area contributed by atoms with Gasteiger partial charge >= 0.3 is 11.9 Å². The molecule has 1 amide bonds. The monoisotopic (exact) mass is 620 g/mol. The number of likely N-dealkylation sites (tertiary alicyclic amines) is 1. The van der Waals surface area contributed by atoms with Crippen molar-refractivity contribution in [1.82, 2.24) is 19.7 Å². The molecule has 0 saturated carbocycles. The van der Waals surface area contributed by atoms with Gasteiger partial charge in [0.1, 0.15) is 36.4 Å². The number of carbonyl (C=O) groups excluding carboxylic acids is 3. The molecule has 220 valence electrons. The van der Waals surface area contributed by atoms with E-state index in [1.807, 2.05) is 0 Å². The summed E-state index contributed by atoms with van der Waals surface area (Å²) in [6.07, 6.45) is -5.94. The largest absolute Gasteiger partial charge is 0.467 e. The highest BCUT2D eigenvalue weighted by atomic mass is 35.5. The van der Waals surface area contributed by atoms with Crippen LogP contribution in [0.25, 0.3) is 0 Å². The average Bonchev–Trinajstić information content (AvgIpc) is 3.60. The van der Waals surface area contributed by atoms with Crippen molar-refractivity contribution in [3.05, 3.63) is 68.1 Å². The summed E-state index contributed by atoms with van der Waals surface area (Å²) in [6.45, 7) is -1.21. The molecule has 2 unspecified atom stereocenters. The Bertz CT molecular complexity index is 1410. The van der Waals surface area contributed by atoms with Crippen molar-refractivity contribution in [2.75, 3.05) is 13.7 Å². The van der Waals surface area contributed by atoms with E-state index in [9.17, 15) is 36.3 Å². The number of ether oxygens (including phenoxy) is 2. The molecule has 9 nitrogen and oxygen atoms in total. The zero-order valence-electron chi connectivity index (χ0n) is 21.2. The van der Waals surface area contributed by atoms with Crippen LogP contribution in [0.1, 0.15) is 64.1 Å². The van der Waals surface area contributed by atoms with E-state index in [-0.39, 0.29) is 41.6 Å². The molecule has 2 aromatic heterocycles. The van der Waals surface area contributed by atoms with Crippen LogP contribution in [0.5, 0.6) is 0 Å². The number of aromatic nitrogens is 3. The molecule has 1 fully saturated rings. The lowest BCUT2D eigenvalue weighted by Gasteiger charge is -2.37. The number of benzene rings is 1. The number of rotatable bonds is 9. The lowest BCUT2D eigenvalue weighted by Crippen LogP contribution is -2.51. The van der Waals surface area contributed by atoms with Crippen LogP contribution in [0.2, 0.25) is 5.02 Å². The Morgan fingerprint density at radius 3 is 2.61 bits per heavy atom. The number of thiazole rings is 1. The van der Waals surface area contributed by atoms with Crippen LogP contribution in [0, 0.1) is 5.82 Å². The molecule has 0 spiro atoms. The summed E-state index contributed by atoms with van der Waals surface area (Å²) in [5.74, 6) is -3.40. The second kappa shape index (κ2) is 12.9. The van der Waals surface area contributed by atoms with Crippen molar-refractivity contribution in [2.24, 2.45) is 0 Å². The summed E-state index contributed by atoms with van der Waals surface area (Å²) >= 11 is 7.07. The van der Waals surface area contributed by atoms with Crippen molar-refractivity contribution in [2.45, 2.75) is 50.8 Å². The molecule has 1 aromatic carbocycles. The zero-order chi connectivity index (χ0) is 29.8. The first-order valence-electron chi connectivity index (χ1n) is 12.1. The van der Waals surface area contributed by atoms with Gasteiger partial charge in [0, 0.05) is 23.4 Å². The predicted octanol–water partition coefficient (Wildman–Crippen LogP) is 5.31. The second-order valence-electron chi connectivity index (χ2n) is 8.95. The summed E-state index contributed by atoms with van der Waals surface area (Å²) in [5.41, 5.74) is -1.78. The van der Waals surface area contributed by atoms with Gasteiger partial charge in [0.2, 0.25) is 5.91 Å². The number of carbonyl (C=O) groups is 3. The smallest absolute Gasteiger partial charge is 0.358 e. The molecular formula is C25H22ClF5N4O5S. The number of esters is 2. The first-order valence-corrected chi connectivity index (χ1v) is 13.3. The van der Waals surface area contributed by atoms with Gasteiger partial charge in [-0.25, -0.2) is 36.5 Å². The van der Waals surface area contributed by atoms with Crippen LogP contribution < -0.4 is 0 Å². The number of hydrogen-bond acceptors (Lipinski definition) is 8. The number of alkyl halides is 4. The fourth-order valence-electron chi connectivity index (χ4n) is 4.38. The summed E-state index contributed by atoms with van der Waals surface area (Å²) < 4.78 is 77.2. The lowest BCUT2D eigenvalue weighted by atomic mass is 9.91. The molecule has 16 heteroatoms. The van der Waals surface area contributed by atoms with E-state index in [0.29, 0.717) is 15.8 Å². The van der Waals surface area contributed by atoms with Crippen LogP contribution in [0.3, 0.4) is 0 Å². The van der Waals surface area contributed by atoms with Gasteiger partial charge in [-0.15, -0.1) is 11.3 Å². The minimum absolute atomic E-state index is 0.0112. The zero-order valence-corrected chi connectivity index (χ0v) is 22.8. The van der Waals surface area contributed by atoms with Crippen molar-refractivity contribution in [3.8, 4) is 0 Å². The van der Waals surface area contributed by atoms with Crippen LogP contribution in [-0.2, 0) is 32.2 Å². The van der Waals surface area contributed by atoms with Crippen LogP contribution in [0.15, 0.2) is 29.6 Å². The summed E-state index contributed by atoms with van der Waals surface area (Å²) in [4.78, 5) is 43.5. The molecule has 1 aliphatic rings. The second-order valence-corrected chi connectivity index (χ2v) is 10.2. The first-order chi connectivity index (χ1) is 19.5. The third-order valence-corrected chi connectivity index (χ3v) is 7.81. The Labute approximate surface area is 238 Å². The van der Waals surface area contributed by atoms with Crippen molar-refractivity contribution >= 4 is 40.8 Å². The quantitative estimate of drug-likeness (QED) is 0.236. The number of nitrogens with zero attached hydrogens (tertiary/aromatic N) is 4. The molecule has 3 aromatic rings. The Balaban J connectivity index is 1.44. The fourth-order valence-corrected chi connectivity index (χ4v) is 5.53. The number of piperidine rings is 1. The van der Waals surface area contributed by atoms with Gasteiger partial charge in [-0.1, -0.05) is 17.7 Å². The molecule has 3 heterocycles. The van der Waals surface area contributed by atoms with Crippen LogP contribution in [-0.4, -0.2) is 57.2 Å². The molecule has 1 aliphatic heterocycles. The number of methoxy groups -OCH3 is 1. The minimum atomic E-state index is -3.15. The van der Waals surface area contributed by atoms with Gasteiger partial charge in [0.05, 0.1) is 17.1 Å². The first kappa shape index (κ1) is 30.4. The predicted molar refractivity (Wildman–Crippen MR) is 134 cm³/mol. The minimum Gasteiger partial charge on any atom is -0.467 e. The maximum absolute atomic E-state index is 14.0. The average molecular weight is 621 g/mol. The molecule has 2 atom stereocenters. The molecule has 4 rings (SSSR count). The molecular weight excluding hydrogens is 599 g/mol. The van der Waals surface area contributed by atoms with Crippen molar-refractivity contribution in [1.29, 1.82) is 0 Å². The Morgan fingerprint density at radius 2 is 1.95 bits per heavy atom. The highest BCUT2D eigenvalue weighted by molar-refractivity contribution is 7.09. The van der Waals surface area contributed by atoms with E-state index >= 15 is 0 Å². The molecule has 0 N–H and O–H groups in total. The summed E-state index contributed by atoms with van der Waals surface area (Å²) in [6, 6.07) is 3.45. The Kier molecular flexibility index (Phi) is 9.58. The van der Waals surface area contributed by atoms with Crippen molar-refractivity contribution in [3.63, 3.8) is 0 Å². The number of halogens is 6. The molecule has 1 saturated heterocycles. The number of amides is 1. The maximum Gasteiger partial charge on any atom is 0.358 e. The summed E-state index contributed by atoms with van der Waals surface area (Å²) in [7, 11) is 1.12. The van der Waals surface area contributed by atoms with Gasteiger partial charge in [-0.2, -0.15) is 5.10 Å². The lowest BCUT2D eigenvalue weighted by molar-refractivity contribution is -0.155. The molecule has 0 aliphatic carbocycles. The van der Waals surface area contributed by atoms with E-state index in [4.69, 9.17) is 21.1 Å². The van der Waals surface area contributed by atoms with Gasteiger partial charge in [0.25, 0.3) is 12.9 Å². The highest BCUT2D eigenvalue weighted by Gasteiger charge is 2.39. The topological polar surface area (TPSA) is 104 Å². The molecule has 41 heavy (non-hydrogen) atoms. The normalized spacial score (nSPS) is 17.2. The third kappa shape index (κ3) is 6.84. The third-order valence-electron chi connectivity index (χ3n) is 6.45. The van der Waals surface area contributed by atoms with E-state index in [2.05, 4.69) is 10.1 Å². The van der Waals surface area contributed by atoms with E-state index in [1.54, 1.807) is 0 Å². The van der Waals surface area contributed by atoms with Crippen LogP contribution >= 0.6 is 22.9 Å². The van der Waals surface area contributed by atoms with Crippen LogP contribution in [0.4, 0.5) is 22.0 Å². The SMILES string of the molecule is COC(=O)C1CC(c2nc(C(=O)OCc3c(F)cccc3Cl)cs2)CCN1C(=O)Cn1nc(C(F)F)cc1C(F)F. The Hall–Kier alpha value is -3.59. The van der Waals surface area contributed by atoms with Gasteiger partial charge in [0.15, 0.2) is 5.69 Å². The molecule has 0 radical (unpaired) electrons.